The monoisotopic (exact) mass is 1070 g/mol. The predicted octanol–water partition coefficient (Wildman–Crippen LogP) is -0.275. The number of hydrogen-bond acceptors (Lipinski definition) is 21. The Morgan fingerprint density at radius 2 is 1.19 bits per heavy atom. The van der Waals surface area contributed by atoms with Crippen molar-refractivity contribution in [3.63, 3.8) is 0 Å². The van der Waals surface area contributed by atoms with Crippen molar-refractivity contribution in [1.82, 2.24) is 0 Å². The molecule has 9 aliphatic rings. The molecule has 0 aromatic rings. The zero-order valence-electron chi connectivity index (χ0n) is 44.3. The summed E-state index contributed by atoms with van der Waals surface area (Å²) in [5.74, 6) is -1.95. The molecule has 9 rings (SSSR count). The zero-order valence-corrected chi connectivity index (χ0v) is 44.3. The van der Waals surface area contributed by atoms with Gasteiger partial charge in [-0.25, -0.2) is 4.79 Å². The molecule has 4 aliphatic heterocycles. The van der Waals surface area contributed by atoms with Gasteiger partial charge in [-0.1, -0.05) is 67.0 Å². The van der Waals surface area contributed by atoms with Crippen LogP contribution in [-0.4, -0.2) is 210 Å². The first kappa shape index (κ1) is 57.6. The molecule has 26 unspecified atom stereocenters. The number of esters is 1. The maximum Gasteiger partial charge on any atom is 0.335 e. The Hall–Kier alpha value is -2.04. The first-order chi connectivity index (χ1) is 34.9. The van der Waals surface area contributed by atoms with Crippen LogP contribution in [0.5, 0.6) is 0 Å². The largest absolute Gasteiger partial charge is 0.479 e. The lowest BCUT2D eigenvalue weighted by atomic mass is 9.31. The van der Waals surface area contributed by atoms with Gasteiger partial charge in [0.15, 0.2) is 25.0 Å². The van der Waals surface area contributed by atoms with E-state index in [0.29, 0.717) is 44.9 Å². The van der Waals surface area contributed by atoms with Gasteiger partial charge in [-0.05, 0) is 103 Å². The molecule has 75 heavy (non-hydrogen) atoms. The van der Waals surface area contributed by atoms with Crippen molar-refractivity contribution >= 4 is 11.9 Å². The average molecular weight is 1070 g/mol. The van der Waals surface area contributed by atoms with Gasteiger partial charge in [0.25, 0.3) is 0 Å². The van der Waals surface area contributed by atoms with Gasteiger partial charge < -0.3 is 99.2 Å². The summed E-state index contributed by atoms with van der Waals surface area (Å²) >= 11 is 0. The summed E-state index contributed by atoms with van der Waals surface area (Å²) in [5.41, 5.74) is -2.19. The Kier molecular flexibility index (Phi) is 15.5. The van der Waals surface area contributed by atoms with Gasteiger partial charge in [0.2, 0.25) is 6.29 Å². The van der Waals surface area contributed by atoms with Crippen molar-refractivity contribution in [2.75, 3.05) is 19.8 Å². The molecular formula is C53H84O22. The molecule has 0 aromatic heterocycles. The van der Waals surface area contributed by atoms with Crippen LogP contribution in [0.4, 0.5) is 0 Å². The third-order valence-corrected chi connectivity index (χ3v) is 21.2. The predicted molar refractivity (Wildman–Crippen MR) is 256 cm³/mol. The van der Waals surface area contributed by atoms with E-state index in [1.807, 2.05) is 0 Å². The van der Waals surface area contributed by atoms with E-state index in [4.69, 9.17) is 37.9 Å². The molecule has 0 radical (unpaired) electrons. The van der Waals surface area contributed by atoms with E-state index in [-0.39, 0.29) is 33.5 Å². The topological polar surface area (TPSA) is 351 Å². The highest BCUT2D eigenvalue weighted by atomic mass is 16.8. The molecule has 0 bridgehead atoms. The Bertz CT molecular complexity index is 2140. The van der Waals surface area contributed by atoms with Gasteiger partial charge in [0, 0.05) is 5.41 Å². The van der Waals surface area contributed by atoms with Gasteiger partial charge in [-0.15, -0.1) is 0 Å². The normalized spacial score (nSPS) is 53.5. The van der Waals surface area contributed by atoms with E-state index in [0.717, 1.165) is 19.3 Å². The van der Waals surface area contributed by atoms with Crippen LogP contribution in [0, 0.1) is 49.7 Å². The highest BCUT2D eigenvalue weighted by Gasteiger charge is 2.73. The fourth-order valence-corrected chi connectivity index (χ4v) is 16.8. The number of ether oxygens (including phenoxy) is 8. The molecule has 22 nitrogen and oxygen atoms in total. The fraction of sp³-hybridized carbons (Fsp3) is 0.925. The minimum absolute atomic E-state index is 0.0236. The molecule has 0 aromatic carbocycles. The van der Waals surface area contributed by atoms with Crippen molar-refractivity contribution in [3.8, 4) is 0 Å². The second-order valence-corrected chi connectivity index (χ2v) is 26.1. The molecule has 12 N–H and O–H groups in total. The number of aliphatic carboxylic acids is 1. The zero-order chi connectivity index (χ0) is 54.9. The first-order valence-corrected chi connectivity index (χ1v) is 27.0. The average Bonchev–Trinajstić information content (AvgIpc) is 3.34. The number of allylic oxidation sites excluding steroid dienone is 2. The first-order valence-electron chi connectivity index (χ1n) is 27.0. The van der Waals surface area contributed by atoms with Crippen molar-refractivity contribution < 1.29 is 109 Å². The third-order valence-electron chi connectivity index (χ3n) is 21.2. The second kappa shape index (κ2) is 20.2. The Labute approximate surface area is 437 Å². The summed E-state index contributed by atoms with van der Waals surface area (Å²) in [4.78, 5) is 27.8. The van der Waals surface area contributed by atoms with Crippen LogP contribution in [0.1, 0.15) is 120 Å². The highest BCUT2D eigenvalue weighted by Crippen LogP contribution is 2.78. The lowest BCUT2D eigenvalue weighted by Gasteiger charge is -2.73. The molecule has 22 heteroatoms. The van der Waals surface area contributed by atoms with Gasteiger partial charge >= 0.3 is 11.9 Å². The van der Waals surface area contributed by atoms with Crippen LogP contribution < -0.4 is 0 Å². The molecule has 8 fully saturated rings. The lowest BCUT2D eigenvalue weighted by molar-refractivity contribution is -0.386. The minimum atomic E-state index is -2.03. The summed E-state index contributed by atoms with van der Waals surface area (Å²) in [6.07, 6.45) is -22.2. The van der Waals surface area contributed by atoms with Gasteiger partial charge in [0.05, 0.1) is 31.3 Å². The van der Waals surface area contributed by atoms with Crippen molar-refractivity contribution in [3.05, 3.63) is 11.6 Å². The van der Waals surface area contributed by atoms with Gasteiger partial charge in [-0.3, -0.25) is 4.79 Å². The summed E-state index contributed by atoms with van der Waals surface area (Å²) in [6, 6.07) is 0. The van der Waals surface area contributed by atoms with E-state index < -0.39 is 165 Å². The number of carbonyl (C=O) groups excluding carboxylic acids is 1. The molecule has 4 saturated carbocycles. The third kappa shape index (κ3) is 9.08. The van der Waals surface area contributed by atoms with Crippen LogP contribution in [0.15, 0.2) is 11.6 Å². The number of carbonyl (C=O) groups is 2. The van der Waals surface area contributed by atoms with Crippen LogP contribution in [0.2, 0.25) is 0 Å². The van der Waals surface area contributed by atoms with Crippen LogP contribution >= 0.6 is 0 Å². The van der Waals surface area contributed by atoms with E-state index in [1.54, 1.807) is 0 Å². The number of carboxylic acids is 1. The smallest absolute Gasteiger partial charge is 0.335 e. The van der Waals surface area contributed by atoms with Gasteiger partial charge in [-0.2, -0.15) is 0 Å². The van der Waals surface area contributed by atoms with Crippen LogP contribution in [0.3, 0.4) is 0 Å². The standard InChI is InChI=1S/C53H84O22/c1-47(2)15-17-53(46(67)75-44-36(63)33(60)32(59)25(19-54)70-44)18-16-51(7)28(52(53,8)22-47)10-9-27-49(5)13-12-29(48(3,4)26(49)11-14-50(27,51)6)71-45-40(74-43-35(62)31(58)24(56)21-69-43)38(37(64)39(73-45)41(65)66)72-42-34(61)30(57)23(55)20-68-42/h10,23-27,29-40,42-45,54-64H,9,11-22H2,1-8H3,(H,65,66). The Morgan fingerprint density at radius 1 is 0.600 bits per heavy atom. The number of hydrogen-bond donors (Lipinski definition) is 12. The van der Waals surface area contributed by atoms with E-state index >= 15 is 0 Å². The molecule has 428 valence electrons. The molecular weight excluding hydrogens is 989 g/mol. The molecule has 4 heterocycles. The molecule has 4 saturated heterocycles. The van der Waals surface area contributed by atoms with E-state index in [2.05, 4.69) is 61.5 Å². The number of rotatable bonds is 10. The van der Waals surface area contributed by atoms with Crippen molar-refractivity contribution in [1.29, 1.82) is 0 Å². The van der Waals surface area contributed by atoms with Crippen molar-refractivity contribution in [2.45, 2.75) is 236 Å². The van der Waals surface area contributed by atoms with Gasteiger partial charge in [0.1, 0.15) is 79.4 Å². The molecule has 0 spiro atoms. The van der Waals surface area contributed by atoms with Crippen LogP contribution in [0.25, 0.3) is 0 Å². The summed E-state index contributed by atoms with van der Waals surface area (Å²) in [5, 5.41) is 127. The van der Waals surface area contributed by atoms with E-state index in [1.165, 1.54) is 5.57 Å². The molecule has 26 atom stereocenters. The fourth-order valence-electron chi connectivity index (χ4n) is 16.8. The van der Waals surface area contributed by atoms with E-state index in [9.17, 15) is 70.9 Å². The summed E-state index contributed by atoms with van der Waals surface area (Å²) < 4.78 is 48.1. The summed E-state index contributed by atoms with van der Waals surface area (Å²) in [6.45, 7) is 16.3. The highest BCUT2D eigenvalue weighted by molar-refractivity contribution is 5.80. The maximum absolute atomic E-state index is 15.0. The Balaban J connectivity index is 1.00. The molecule has 5 aliphatic carbocycles. The summed E-state index contributed by atoms with van der Waals surface area (Å²) in [7, 11) is 0. The number of aliphatic hydroxyl groups is 11. The lowest BCUT2D eigenvalue weighted by Crippen LogP contribution is -2.68. The quantitative estimate of drug-likeness (QED) is 0.0761. The second-order valence-electron chi connectivity index (χ2n) is 26.1. The number of aliphatic hydroxyl groups excluding tert-OH is 11. The minimum Gasteiger partial charge on any atom is -0.479 e. The maximum atomic E-state index is 15.0. The SMILES string of the molecule is CC1(C)CCC2(C(=O)OC3OC(CO)C(O)C(O)C3O)CCC3(C)C(=CCC4C5(C)CCC(OC6OC(C(=O)O)C(O)C(OC7OCC(O)C(O)C7O)C6OC6OCC(O)C(O)C6O)C(C)(C)C5CCC43C)C2(C)C1. The van der Waals surface area contributed by atoms with Crippen molar-refractivity contribution in [2.24, 2.45) is 49.7 Å². The van der Waals surface area contributed by atoms with Crippen LogP contribution in [-0.2, 0) is 47.5 Å². The molecule has 0 amide bonds. The Morgan fingerprint density at radius 3 is 1.79 bits per heavy atom. The number of fused-ring (bicyclic) bond motifs is 7. The number of carboxylic acid groups (broad SMARTS) is 1.